The van der Waals surface area contributed by atoms with E-state index in [1.54, 1.807) is 42.5 Å². The summed E-state index contributed by atoms with van der Waals surface area (Å²) in [6.45, 7) is 2.13. The van der Waals surface area contributed by atoms with Crippen molar-refractivity contribution in [3.8, 4) is 0 Å². The van der Waals surface area contributed by atoms with Crippen molar-refractivity contribution in [1.29, 1.82) is 0 Å². The van der Waals surface area contributed by atoms with Gasteiger partial charge in [0, 0.05) is 29.3 Å². The summed E-state index contributed by atoms with van der Waals surface area (Å²) in [5, 5.41) is 23.1. The van der Waals surface area contributed by atoms with Gasteiger partial charge in [-0.25, -0.2) is 4.79 Å². The van der Waals surface area contributed by atoms with E-state index in [-0.39, 0.29) is 31.3 Å². The monoisotopic (exact) mass is 501 g/mol. The molecule has 1 aliphatic heterocycles. The van der Waals surface area contributed by atoms with Gasteiger partial charge in [-0.3, -0.25) is 14.4 Å². The van der Waals surface area contributed by atoms with E-state index in [9.17, 15) is 19.2 Å². The Balaban J connectivity index is 1.32. The highest BCUT2D eigenvalue weighted by molar-refractivity contribution is 6.00. The number of fused-ring (bicyclic) bond motifs is 1. The van der Waals surface area contributed by atoms with Gasteiger partial charge in [0.25, 0.3) is 0 Å². The minimum Gasteiger partial charge on any atom is -0.481 e. The van der Waals surface area contributed by atoms with Gasteiger partial charge in [-0.15, -0.1) is 0 Å². The predicted octanol–water partition coefficient (Wildman–Crippen LogP) is 3.71. The Morgan fingerprint density at radius 3 is 2.41 bits per heavy atom. The van der Waals surface area contributed by atoms with E-state index in [0.29, 0.717) is 17.1 Å². The molecular weight excluding hydrogens is 474 g/mol. The summed E-state index contributed by atoms with van der Waals surface area (Å²) in [5.41, 5.74) is 4.97. The molecule has 0 spiro atoms. The molecule has 0 bridgehead atoms. The fraction of sp³-hybridized carbons (Fsp3) is 0.185. The SMILES string of the molecule is Cc1ccccc1NC(=O)Nc1ccc(CC(=O)Nc2ccc3c(c2)CNC(=O)C(CC(=O)O)N3)cc1. The summed E-state index contributed by atoms with van der Waals surface area (Å²) in [6.07, 6.45) is -0.210. The smallest absolute Gasteiger partial charge is 0.323 e. The van der Waals surface area contributed by atoms with Gasteiger partial charge in [-0.1, -0.05) is 30.3 Å². The molecule has 0 saturated carbocycles. The molecule has 3 aromatic rings. The Kier molecular flexibility index (Phi) is 7.68. The number of carbonyl (C=O) groups is 4. The summed E-state index contributed by atoms with van der Waals surface area (Å²) in [4.78, 5) is 48.0. The molecule has 10 nitrogen and oxygen atoms in total. The zero-order chi connectivity index (χ0) is 26.4. The van der Waals surface area contributed by atoms with Gasteiger partial charge in [-0.2, -0.15) is 0 Å². The Hall–Kier alpha value is -4.86. The normalized spacial score (nSPS) is 14.3. The molecule has 4 amide bonds. The largest absolute Gasteiger partial charge is 0.481 e. The second kappa shape index (κ2) is 11.3. The number of para-hydroxylation sites is 1. The number of hydrogen-bond donors (Lipinski definition) is 6. The van der Waals surface area contributed by atoms with Crippen molar-refractivity contribution < 1.29 is 24.3 Å². The third-order valence-corrected chi connectivity index (χ3v) is 5.84. The molecule has 3 aromatic carbocycles. The standard InChI is InChI=1S/C27H27N5O5/c1-16-4-2-3-5-21(16)32-27(37)30-19-8-6-17(7-9-19)12-24(33)29-20-10-11-22-18(13-20)15-28-26(36)23(31-22)14-25(34)35/h2-11,13,23,31H,12,14-15H2,1H3,(H,28,36)(H,29,33)(H,34,35)(H2,30,32,37). The lowest BCUT2D eigenvalue weighted by molar-refractivity contribution is -0.139. The van der Waals surface area contributed by atoms with E-state index < -0.39 is 17.9 Å². The van der Waals surface area contributed by atoms with E-state index in [4.69, 9.17) is 5.11 Å². The van der Waals surface area contributed by atoms with Crippen LogP contribution in [0.4, 0.5) is 27.5 Å². The van der Waals surface area contributed by atoms with E-state index in [1.807, 2.05) is 31.2 Å². The van der Waals surface area contributed by atoms with Crippen LogP contribution in [-0.4, -0.2) is 35.0 Å². The quantitative estimate of drug-likeness (QED) is 0.291. The first-order valence-corrected chi connectivity index (χ1v) is 11.7. The number of anilines is 4. The zero-order valence-electron chi connectivity index (χ0n) is 20.1. The Morgan fingerprint density at radius 2 is 1.68 bits per heavy atom. The summed E-state index contributed by atoms with van der Waals surface area (Å²) in [6, 6.07) is 18.4. The maximum absolute atomic E-state index is 12.6. The number of carboxylic acids is 1. The Morgan fingerprint density at radius 1 is 0.946 bits per heavy atom. The van der Waals surface area contributed by atoms with Crippen molar-refractivity contribution in [1.82, 2.24) is 5.32 Å². The fourth-order valence-corrected chi connectivity index (χ4v) is 3.93. The van der Waals surface area contributed by atoms with Crippen LogP contribution >= 0.6 is 0 Å². The molecule has 1 atom stereocenters. The number of rotatable bonds is 7. The van der Waals surface area contributed by atoms with Crippen LogP contribution in [0.25, 0.3) is 0 Å². The first-order chi connectivity index (χ1) is 17.8. The highest BCUT2D eigenvalue weighted by atomic mass is 16.4. The number of urea groups is 1. The lowest BCUT2D eigenvalue weighted by Gasteiger charge is -2.15. The van der Waals surface area contributed by atoms with Gasteiger partial charge in [-0.05, 0) is 60.0 Å². The number of aliphatic carboxylic acids is 1. The lowest BCUT2D eigenvalue weighted by Crippen LogP contribution is -2.38. The predicted molar refractivity (Wildman–Crippen MR) is 141 cm³/mol. The highest BCUT2D eigenvalue weighted by Crippen LogP contribution is 2.24. The van der Waals surface area contributed by atoms with E-state index in [2.05, 4.69) is 26.6 Å². The van der Waals surface area contributed by atoms with Crippen LogP contribution in [0.3, 0.4) is 0 Å². The first kappa shape index (κ1) is 25.2. The molecule has 0 aliphatic carbocycles. The van der Waals surface area contributed by atoms with Gasteiger partial charge in [0.1, 0.15) is 6.04 Å². The first-order valence-electron chi connectivity index (χ1n) is 11.7. The molecule has 0 fully saturated rings. The molecule has 0 radical (unpaired) electrons. The van der Waals surface area contributed by atoms with Gasteiger partial charge >= 0.3 is 12.0 Å². The Bertz CT molecular complexity index is 1340. The van der Waals surface area contributed by atoms with Crippen LogP contribution in [0.15, 0.2) is 66.7 Å². The zero-order valence-corrected chi connectivity index (χ0v) is 20.1. The molecule has 37 heavy (non-hydrogen) atoms. The van der Waals surface area contributed by atoms with Gasteiger partial charge in [0.2, 0.25) is 11.8 Å². The fourth-order valence-electron chi connectivity index (χ4n) is 3.93. The van der Waals surface area contributed by atoms with Crippen LogP contribution in [-0.2, 0) is 27.3 Å². The van der Waals surface area contributed by atoms with E-state index in [1.165, 1.54) is 0 Å². The lowest BCUT2D eigenvalue weighted by atomic mass is 10.1. The maximum Gasteiger partial charge on any atom is 0.323 e. The third kappa shape index (κ3) is 6.85. The van der Waals surface area contributed by atoms with Gasteiger partial charge < -0.3 is 31.7 Å². The van der Waals surface area contributed by atoms with Crippen molar-refractivity contribution in [2.45, 2.75) is 32.4 Å². The third-order valence-electron chi connectivity index (χ3n) is 5.84. The molecule has 1 unspecified atom stereocenters. The minimum atomic E-state index is -1.07. The molecular formula is C27H27N5O5. The van der Waals surface area contributed by atoms with Gasteiger partial charge in [0.15, 0.2) is 0 Å². The highest BCUT2D eigenvalue weighted by Gasteiger charge is 2.25. The molecule has 6 N–H and O–H groups in total. The van der Waals surface area contributed by atoms with Crippen molar-refractivity contribution >= 4 is 46.6 Å². The molecule has 0 aromatic heterocycles. The molecule has 1 heterocycles. The maximum atomic E-state index is 12.6. The second-order valence-corrected chi connectivity index (χ2v) is 8.70. The second-order valence-electron chi connectivity index (χ2n) is 8.70. The average Bonchev–Trinajstić information content (AvgIpc) is 3.00. The van der Waals surface area contributed by atoms with E-state index >= 15 is 0 Å². The molecule has 0 saturated heterocycles. The number of carbonyl (C=O) groups excluding carboxylic acids is 3. The topological polar surface area (TPSA) is 149 Å². The summed E-state index contributed by atoms with van der Waals surface area (Å²) < 4.78 is 0. The number of amides is 4. The number of benzene rings is 3. The molecule has 190 valence electrons. The van der Waals surface area contributed by atoms with Crippen LogP contribution in [0.5, 0.6) is 0 Å². The summed E-state index contributed by atoms with van der Waals surface area (Å²) >= 11 is 0. The van der Waals surface area contributed by atoms with Crippen LogP contribution in [0.2, 0.25) is 0 Å². The van der Waals surface area contributed by atoms with Crippen LogP contribution in [0, 0.1) is 6.92 Å². The van der Waals surface area contributed by atoms with Gasteiger partial charge in [0.05, 0.1) is 12.8 Å². The summed E-state index contributed by atoms with van der Waals surface area (Å²) in [5.74, 6) is -1.70. The van der Waals surface area contributed by atoms with E-state index in [0.717, 1.165) is 22.4 Å². The molecule has 10 heteroatoms. The van der Waals surface area contributed by atoms with Crippen molar-refractivity contribution in [3.05, 3.63) is 83.4 Å². The van der Waals surface area contributed by atoms with Crippen molar-refractivity contribution in [2.75, 3.05) is 21.3 Å². The number of aryl methyl sites for hydroxylation is 1. The van der Waals surface area contributed by atoms with Crippen LogP contribution in [0.1, 0.15) is 23.1 Å². The number of hydrogen-bond acceptors (Lipinski definition) is 5. The molecule has 4 rings (SSSR count). The number of nitrogens with one attached hydrogen (secondary N) is 5. The molecule has 1 aliphatic rings. The summed E-state index contributed by atoms with van der Waals surface area (Å²) in [7, 11) is 0. The Labute approximate surface area is 213 Å². The number of carboxylic acid groups (broad SMARTS) is 1. The van der Waals surface area contributed by atoms with Crippen molar-refractivity contribution in [3.63, 3.8) is 0 Å². The minimum absolute atomic E-state index is 0.127. The average molecular weight is 502 g/mol. The van der Waals surface area contributed by atoms with Crippen LogP contribution < -0.4 is 26.6 Å². The van der Waals surface area contributed by atoms with Crippen molar-refractivity contribution in [2.24, 2.45) is 0 Å².